The van der Waals surface area contributed by atoms with Crippen LogP contribution in [0.1, 0.15) is 48.3 Å². The lowest BCUT2D eigenvalue weighted by Crippen LogP contribution is -2.16. The first-order chi connectivity index (χ1) is 15.5. The minimum Gasteiger partial charge on any atom is -0.507 e. The first-order valence-corrected chi connectivity index (χ1v) is 11.2. The van der Waals surface area contributed by atoms with Gasteiger partial charge >= 0.3 is 6.16 Å². The van der Waals surface area contributed by atoms with Crippen LogP contribution in [0.5, 0.6) is 17.2 Å². The van der Waals surface area contributed by atoms with Gasteiger partial charge in [-0.25, -0.2) is 4.79 Å². The molecule has 3 unspecified atom stereocenters. The van der Waals surface area contributed by atoms with Crippen molar-refractivity contribution in [1.82, 2.24) is 0 Å². The van der Waals surface area contributed by atoms with Gasteiger partial charge in [-0.3, -0.25) is 0 Å². The van der Waals surface area contributed by atoms with Crippen LogP contribution >= 0.6 is 0 Å². The largest absolute Gasteiger partial charge is 0.519 e. The van der Waals surface area contributed by atoms with Crippen LogP contribution in [0.3, 0.4) is 0 Å². The Hall–Kier alpha value is -3.53. The molecule has 1 saturated carbocycles. The summed E-state index contributed by atoms with van der Waals surface area (Å²) in [7, 11) is 0. The number of hydrogen-bond donors (Lipinski definition) is 1. The van der Waals surface area contributed by atoms with Crippen molar-refractivity contribution in [2.45, 2.75) is 38.5 Å². The van der Waals surface area contributed by atoms with Crippen molar-refractivity contribution in [3.8, 4) is 17.2 Å². The second-order valence-corrected chi connectivity index (χ2v) is 9.08. The SMILES string of the molecule is Cc1cccc2c(O)c3c(c(OC(=O)Oc4cccc5ccccc45)c12)C1CCC3C1C. The lowest BCUT2D eigenvalue weighted by Gasteiger charge is -2.23. The predicted molar refractivity (Wildman–Crippen MR) is 125 cm³/mol. The highest BCUT2D eigenvalue weighted by atomic mass is 16.7. The smallest absolute Gasteiger partial charge is 0.507 e. The van der Waals surface area contributed by atoms with Crippen molar-refractivity contribution < 1.29 is 19.4 Å². The van der Waals surface area contributed by atoms with E-state index in [9.17, 15) is 9.90 Å². The van der Waals surface area contributed by atoms with Crippen molar-refractivity contribution in [1.29, 1.82) is 0 Å². The highest BCUT2D eigenvalue weighted by Crippen LogP contribution is 2.63. The van der Waals surface area contributed by atoms with Gasteiger partial charge in [-0.15, -0.1) is 0 Å². The highest BCUT2D eigenvalue weighted by molar-refractivity contribution is 6.00. The first kappa shape index (κ1) is 19.2. The summed E-state index contributed by atoms with van der Waals surface area (Å²) in [6, 6.07) is 19.2. The summed E-state index contributed by atoms with van der Waals surface area (Å²) in [5.41, 5.74) is 2.91. The molecule has 0 aliphatic heterocycles. The standard InChI is InChI=1S/C28H24O4/c1-15-7-5-11-21-23(15)27(25-19-14-13-18(16(19)2)24(25)26(21)29)32-28(30)31-22-12-6-9-17-8-3-4-10-20(17)22/h3-12,16,18-19,29H,13-14H2,1-2H3. The zero-order valence-corrected chi connectivity index (χ0v) is 18.1. The van der Waals surface area contributed by atoms with Gasteiger partial charge in [-0.05, 0) is 54.5 Å². The molecular formula is C28H24O4. The van der Waals surface area contributed by atoms with Crippen molar-refractivity contribution in [2.75, 3.05) is 0 Å². The summed E-state index contributed by atoms with van der Waals surface area (Å²) in [5.74, 6) is 2.37. The van der Waals surface area contributed by atoms with Crippen LogP contribution in [0.25, 0.3) is 21.5 Å². The number of aromatic hydroxyl groups is 1. The molecule has 2 aliphatic carbocycles. The average Bonchev–Trinajstić information content (AvgIpc) is 3.30. The molecule has 0 radical (unpaired) electrons. The van der Waals surface area contributed by atoms with Crippen molar-refractivity contribution in [2.24, 2.45) is 5.92 Å². The molecule has 0 saturated heterocycles. The Morgan fingerprint density at radius 2 is 1.56 bits per heavy atom. The van der Waals surface area contributed by atoms with Gasteiger partial charge in [-0.1, -0.05) is 61.5 Å². The van der Waals surface area contributed by atoms with Crippen LogP contribution in [0.15, 0.2) is 60.7 Å². The van der Waals surface area contributed by atoms with Gasteiger partial charge in [0.15, 0.2) is 0 Å². The Kier molecular flexibility index (Phi) is 4.19. The summed E-state index contributed by atoms with van der Waals surface area (Å²) in [5, 5.41) is 14.6. The number of carbonyl (C=O) groups is 1. The minimum absolute atomic E-state index is 0.283. The molecule has 6 rings (SSSR count). The van der Waals surface area contributed by atoms with E-state index in [0.29, 0.717) is 29.1 Å². The lowest BCUT2D eigenvalue weighted by molar-refractivity contribution is 0.152. The van der Waals surface area contributed by atoms with E-state index in [1.165, 1.54) is 0 Å². The Balaban J connectivity index is 1.47. The average molecular weight is 424 g/mol. The van der Waals surface area contributed by atoms with Crippen LogP contribution in [0.2, 0.25) is 0 Å². The molecule has 32 heavy (non-hydrogen) atoms. The van der Waals surface area contributed by atoms with Crippen LogP contribution in [0, 0.1) is 12.8 Å². The van der Waals surface area contributed by atoms with Crippen molar-refractivity contribution in [3.05, 3.63) is 77.4 Å². The molecule has 4 aromatic carbocycles. The van der Waals surface area contributed by atoms with Gasteiger partial charge < -0.3 is 14.6 Å². The number of hydrogen-bond acceptors (Lipinski definition) is 4. The third-order valence-electron chi connectivity index (χ3n) is 7.47. The minimum atomic E-state index is -0.755. The lowest BCUT2D eigenvalue weighted by atomic mass is 9.86. The van der Waals surface area contributed by atoms with E-state index in [-0.39, 0.29) is 5.92 Å². The number of aryl methyl sites for hydroxylation is 1. The molecule has 0 spiro atoms. The Morgan fingerprint density at radius 3 is 2.41 bits per heavy atom. The van der Waals surface area contributed by atoms with Crippen LogP contribution in [0.4, 0.5) is 4.79 Å². The summed E-state index contributed by atoms with van der Waals surface area (Å²) in [6.07, 6.45) is 1.35. The number of benzene rings is 4. The molecule has 4 nitrogen and oxygen atoms in total. The summed E-state index contributed by atoms with van der Waals surface area (Å²) < 4.78 is 11.7. The summed E-state index contributed by atoms with van der Waals surface area (Å²) in [4.78, 5) is 13.0. The van der Waals surface area contributed by atoms with E-state index in [0.717, 1.165) is 51.1 Å². The molecule has 0 aromatic heterocycles. The molecular weight excluding hydrogens is 400 g/mol. The first-order valence-electron chi connectivity index (χ1n) is 11.2. The van der Waals surface area contributed by atoms with E-state index in [1.807, 2.05) is 61.5 Å². The maximum absolute atomic E-state index is 13.0. The normalized spacial score (nSPS) is 21.1. The number of ether oxygens (including phenoxy) is 2. The number of rotatable bonds is 2. The molecule has 2 aliphatic rings. The topological polar surface area (TPSA) is 55.8 Å². The fraction of sp³-hybridized carbons (Fsp3) is 0.250. The maximum Gasteiger partial charge on any atom is 0.519 e. The van der Waals surface area contributed by atoms with Crippen molar-refractivity contribution in [3.63, 3.8) is 0 Å². The van der Waals surface area contributed by atoms with E-state index >= 15 is 0 Å². The fourth-order valence-corrected chi connectivity index (χ4v) is 6.00. The van der Waals surface area contributed by atoms with E-state index in [2.05, 4.69) is 6.92 Å². The molecule has 0 amide bonds. The zero-order valence-electron chi connectivity index (χ0n) is 18.1. The van der Waals surface area contributed by atoms with Crippen molar-refractivity contribution >= 4 is 27.7 Å². The maximum atomic E-state index is 13.0. The van der Waals surface area contributed by atoms with Gasteiger partial charge in [0, 0.05) is 27.3 Å². The van der Waals surface area contributed by atoms with Gasteiger partial charge in [0.1, 0.15) is 17.2 Å². The number of phenolic OH excluding ortho intramolecular Hbond substituents is 1. The van der Waals surface area contributed by atoms with E-state index in [4.69, 9.17) is 9.47 Å². The molecule has 0 heterocycles. The Morgan fingerprint density at radius 1 is 0.875 bits per heavy atom. The van der Waals surface area contributed by atoms with Crippen LogP contribution in [-0.2, 0) is 0 Å². The van der Waals surface area contributed by atoms with Gasteiger partial charge in [0.25, 0.3) is 0 Å². The third kappa shape index (κ3) is 2.65. The second kappa shape index (κ2) is 6.99. The Bertz CT molecular complexity index is 1400. The molecule has 4 heteroatoms. The van der Waals surface area contributed by atoms with Crippen LogP contribution < -0.4 is 9.47 Å². The molecule has 3 atom stereocenters. The Labute approximate surface area is 186 Å². The predicted octanol–water partition coefficient (Wildman–Crippen LogP) is 7.20. The number of carbonyl (C=O) groups excluding carboxylic acids is 1. The molecule has 1 N–H and O–H groups in total. The van der Waals surface area contributed by atoms with Crippen LogP contribution in [-0.4, -0.2) is 11.3 Å². The summed E-state index contributed by atoms with van der Waals surface area (Å²) in [6.45, 7) is 4.21. The van der Waals surface area contributed by atoms with E-state index < -0.39 is 6.16 Å². The molecule has 1 fully saturated rings. The van der Waals surface area contributed by atoms with E-state index in [1.54, 1.807) is 6.07 Å². The molecule has 160 valence electrons. The molecule has 2 bridgehead atoms. The highest BCUT2D eigenvalue weighted by Gasteiger charge is 2.48. The fourth-order valence-electron chi connectivity index (χ4n) is 6.00. The monoisotopic (exact) mass is 424 g/mol. The number of fused-ring (bicyclic) bond motifs is 7. The third-order valence-corrected chi connectivity index (χ3v) is 7.47. The quantitative estimate of drug-likeness (QED) is 0.273. The number of phenols is 1. The zero-order chi connectivity index (χ0) is 22.0. The van der Waals surface area contributed by atoms with Gasteiger partial charge in [0.2, 0.25) is 0 Å². The van der Waals surface area contributed by atoms with Gasteiger partial charge in [0.05, 0.1) is 0 Å². The second-order valence-electron chi connectivity index (χ2n) is 9.08. The van der Waals surface area contributed by atoms with Gasteiger partial charge in [-0.2, -0.15) is 0 Å². The summed E-state index contributed by atoms with van der Waals surface area (Å²) >= 11 is 0. The molecule has 4 aromatic rings.